The van der Waals surface area contributed by atoms with Crippen LogP contribution >= 0.6 is 0 Å². The minimum atomic E-state index is -0.514. The molecule has 0 spiro atoms. The van der Waals surface area contributed by atoms with Crippen LogP contribution in [0.1, 0.15) is 11.4 Å². The van der Waals surface area contributed by atoms with Gasteiger partial charge in [0.25, 0.3) is 6.20 Å². The van der Waals surface area contributed by atoms with E-state index in [2.05, 4.69) is 19.8 Å². The van der Waals surface area contributed by atoms with Crippen LogP contribution in [0.25, 0.3) is 28.7 Å². The second kappa shape index (κ2) is 6.04. The van der Waals surface area contributed by atoms with Crippen molar-refractivity contribution in [3.8, 4) is 11.6 Å². The zero-order chi connectivity index (χ0) is 17.2. The van der Waals surface area contributed by atoms with Crippen molar-refractivity contribution in [2.45, 2.75) is 0 Å². The second-order valence-electron chi connectivity index (χ2n) is 5.34. The number of aromatic amines is 1. The topological polar surface area (TPSA) is 98.7 Å². The summed E-state index contributed by atoms with van der Waals surface area (Å²) < 4.78 is 6.00. The Morgan fingerprint density at radius 3 is 2.68 bits per heavy atom. The molecule has 0 unspecified atom stereocenters. The second-order valence-corrected chi connectivity index (χ2v) is 5.34. The van der Waals surface area contributed by atoms with Crippen molar-refractivity contribution < 1.29 is 14.3 Å². The van der Waals surface area contributed by atoms with E-state index in [4.69, 9.17) is 0 Å². The van der Waals surface area contributed by atoms with Crippen molar-refractivity contribution in [1.82, 2.24) is 15.2 Å². The molecule has 2 aromatic carbocycles. The minimum Gasteiger partial charge on any atom is -0.858 e. The molecule has 4 aromatic rings. The first-order chi connectivity index (χ1) is 12.2. The molecule has 25 heavy (non-hydrogen) atoms. The molecule has 122 valence electrons. The maximum Gasteiger partial charge on any atom is 0.427 e. The minimum absolute atomic E-state index is 0.346. The van der Waals surface area contributed by atoms with Crippen LogP contribution in [0.4, 0.5) is 0 Å². The van der Waals surface area contributed by atoms with E-state index in [1.54, 1.807) is 24.3 Å². The number of rotatable bonds is 3. The van der Waals surface area contributed by atoms with Crippen LogP contribution < -0.4 is 15.4 Å². The number of aromatic nitrogens is 4. The lowest BCUT2D eigenvalue weighted by molar-refractivity contribution is -0.670. The zero-order valence-corrected chi connectivity index (χ0v) is 12.9. The van der Waals surface area contributed by atoms with E-state index in [0.717, 1.165) is 5.56 Å². The normalized spacial score (nSPS) is 11.4. The standard InChI is InChI=1S/C18H12N4O3/c23-17-11-22(21-25-17)13-7-8-15-14(10-13)18(24)20-16(19-15)9-6-12-4-2-1-3-5-12/h1-11H,(H-,19,20,21,23,24)/b9-6-. The van der Waals surface area contributed by atoms with Gasteiger partial charge in [-0.2, -0.15) is 0 Å². The molecule has 0 atom stereocenters. The molecular weight excluding hydrogens is 320 g/mol. The average molecular weight is 332 g/mol. The molecule has 2 heterocycles. The number of fused-ring (bicyclic) bond motifs is 1. The molecule has 2 aromatic heterocycles. The Morgan fingerprint density at radius 1 is 1.08 bits per heavy atom. The van der Waals surface area contributed by atoms with Gasteiger partial charge in [-0.25, -0.2) is 14.8 Å². The molecule has 0 saturated heterocycles. The van der Waals surface area contributed by atoms with Gasteiger partial charge in [-0.15, -0.1) is 0 Å². The fraction of sp³-hybridized carbons (Fsp3) is 0. The third-order valence-electron chi connectivity index (χ3n) is 3.64. The van der Waals surface area contributed by atoms with Crippen molar-refractivity contribution in [3.05, 3.63) is 76.5 Å². The molecule has 0 fully saturated rings. The van der Waals surface area contributed by atoms with Crippen LogP contribution in [0.15, 0.2) is 64.0 Å². The zero-order valence-electron chi connectivity index (χ0n) is 12.9. The first-order valence-corrected chi connectivity index (χ1v) is 7.51. The van der Waals surface area contributed by atoms with Gasteiger partial charge in [0.1, 0.15) is 0 Å². The van der Waals surface area contributed by atoms with Crippen molar-refractivity contribution in [2.75, 3.05) is 0 Å². The van der Waals surface area contributed by atoms with E-state index in [0.29, 0.717) is 22.4 Å². The van der Waals surface area contributed by atoms with Gasteiger partial charge in [0, 0.05) is 17.5 Å². The Hall–Kier alpha value is -3.74. The molecule has 0 saturated carbocycles. The van der Waals surface area contributed by atoms with Crippen LogP contribution in [-0.2, 0) is 0 Å². The van der Waals surface area contributed by atoms with Crippen molar-refractivity contribution in [2.24, 2.45) is 0 Å². The van der Waals surface area contributed by atoms with E-state index in [1.165, 1.54) is 10.9 Å². The quantitative estimate of drug-likeness (QED) is 0.572. The Morgan fingerprint density at radius 2 is 1.92 bits per heavy atom. The van der Waals surface area contributed by atoms with E-state index in [-0.39, 0.29) is 5.88 Å². The lowest BCUT2D eigenvalue weighted by atomic mass is 10.2. The molecule has 7 nitrogen and oxygen atoms in total. The third-order valence-corrected chi connectivity index (χ3v) is 3.64. The Labute approximate surface area is 141 Å². The molecule has 0 aliphatic heterocycles. The van der Waals surface area contributed by atoms with Crippen LogP contribution in [0.3, 0.4) is 0 Å². The van der Waals surface area contributed by atoms with E-state index >= 15 is 0 Å². The summed E-state index contributed by atoms with van der Waals surface area (Å²) in [6.45, 7) is 0. The summed E-state index contributed by atoms with van der Waals surface area (Å²) in [7, 11) is 0. The van der Waals surface area contributed by atoms with Gasteiger partial charge in [-0.3, -0.25) is 4.52 Å². The molecule has 0 bridgehead atoms. The van der Waals surface area contributed by atoms with Crippen LogP contribution in [0, 0.1) is 0 Å². The number of hydrogen-bond acceptors (Lipinski definition) is 5. The number of benzene rings is 2. The van der Waals surface area contributed by atoms with Crippen molar-refractivity contribution in [3.63, 3.8) is 0 Å². The fourth-order valence-electron chi connectivity index (χ4n) is 2.44. The Kier molecular flexibility index (Phi) is 3.59. The predicted molar refractivity (Wildman–Crippen MR) is 88.8 cm³/mol. The summed E-state index contributed by atoms with van der Waals surface area (Å²) in [6, 6.07) is 14.7. The summed E-state index contributed by atoms with van der Waals surface area (Å²) in [5.74, 6) is -0.0375. The Balaban J connectivity index is 1.73. The van der Waals surface area contributed by atoms with E-state index < -0.39 is 5.63 Å². The highest BCUT2D eigenvalue weighted by Crippen LogP contribution is 2.21. The third kappa shape index (κ3) is 3.02. The van der Waals surface area contributed by atoms with Crippen LogP contribution in [0.5, 0.6) is 5.88 Å². The maximum absolute atomic E-state index is 12.3. The van der Waals surface area contributed by atoms with Gasteiger partial charge >= 0.3 is 5.63 Å². The lowest BCUT2D eigenvalue weighted by Crippen LogP contribution is -2.32. The first-order valence-electron chi connectivity index (χ1n) is 7.51. The predicted octanol–water partition coefficient (Wildman–Crippen LogP) is 1.43. The van der Waals surface area contributed by atoms with Gasteiger partial charge in [-0.05, 0) is 33.5 Å². The van der Waals surface area contributed by atoms with E-state index in [1.807, 2.05) is 36.4 Å². The van der Waals surface area contributed by atoms with Gasteiger partial charge in [-0.1, -0.05) is 36.4 Å². The summed E-state index contributed by atoms with van der Waals surface area (Å²) in [5.41, 5.74) is 1.59. The Bertz CT molecular complexity index is 1130. The molecule has 7 heteroatoms. The SMILES string of the molecule is O=c1c[n+](-c2ccc3nc(/C=C\c4ccccc4)nc([O-])c3c2)[nH]o1. The highest BCUT2D eigenvalue weighted by atomic mass is 16.5. The molecule has 0 amide bonds. The summed E-state index contributed by atoms with van der Waals surface area (Å²) in [5, 5.41) is 15.1. The van der Waals surface area contributed by atoms with Gasteiger partial charge in [0.2, 0.25) is 5.69 Å². The molecule has 0 radical (unpaired) electrons. The number of H-pyrrole nitrogens is 1. The van der Waals surface area contributed by atoms with Crippen LogP contribution in [0.2, 0.25) is 0 Å². The van der Waals surface area contributed by atoms with Gasteiger partial charge < -0.3 is 5.11 Å². The number of hydrogen-bond donors (Lipinski definition) is 1. The lowest BCUT2D eigenvalue weighted by Gasteiger charge is -2.09. The monoisotopic (exact) mass is 332 g/mol. The maximum atomic E-state index is 12.3. The molecule has 0 aliphatic rings. The van der Waals surface area contributed by atoms with Crippen molar-refractivity contribution >= 4 is 23.1 Å². The largest absolute Gasteiger partial charge is 0.858 e. The smallest absolute Gasteiger partial charge is 0.427 e. The van der Waals surface area contributed by atoms with Crippen molar-refractivity contribution in [1.29, 1.82) is 0 Å². The average Bonchev–Trinajstić information content (AvgIpc) is 3.07. The summed E-state index contributed by atoms with van der Waals surface area (Å²) in [4.78, 5) is 19.5. The highest BCUT2D eigenvalue weighted by molar-refractivity contribution is 5.85. The molecule has 4 rings (SSSR count). The number of nitrogens with zero attached hydrogens (tertiary/aromatic N) is 3. The highest BCUT2D eigenvalue weighted by Gasteiger charge is 2.12. The molecular formula is C18H12N4O3. The van der Waals surface area contributed by atoms with Crippen LogP contribution in [-0.4, -0.2) is 15.2 Å². The summed E-state index contributed by atoms with van der Waals surface area (Å²) >= 11 is 0. The van der Waals surface area contributed by atoms with Gasteiger partial charge in [0.05, 0.1) is 5.52 Å². The van der Waals surface area contributed by atoms with E-state index in [9.17, 15) is 9.90 Å². The fourth-order valence-corrected chi connectivity index (χ4v) is 2.44. The molecule has 0 aliphatic carbocycles. The first kappa shape index (κ1) is 14.8. The molecule has 1 N–H and O–H groups in total. The number of nitrogens with one attached hydrogen (secondary N) is 1. The van der Waals surface area contributed by atoms with Gasteiger partial charge in [0.15, 0.2) is 5.82 Å². The summed E-state index contributed by atoms with van der Waals surface area (Å²) in [6.07, 6.45) is 4.79.